The first-order valence-electron chi connectivity index (χ1n) is 31.7. The number of esters is 2. The summed E-state index contributed by atoms with van der Waals surface area (Å²) in [6, 6.07) is 0. The van der Waals surface area contributed by atoms with Crippen LogP contribution in [-0.2, 0) is 33.3 Å². The van der Waals surface area contributed by atoms with Crippen LogP contribution in [0.2, 0.25) is 0 Å². The standard InChI is InChI=1S/C70H117NO8/c1-6-8-10-12-14-16-18-20-22-24-26-28-29-30-31-32-33-34-35-36-37-38-39-41-43-45-47-49-51-53-55-57-59-61-68(73)79-66(65-78-70(69(74)75)76-63-62-71(3,4)5)64-77-67(72)60-58-56-54-52-50-48-46-44-42-40-27-25-23-21-19-17-15-13-11-9-7-2/h8,10,14,16,19-22,25-28,30-31,33-34,36-37,42,44,66,70H,6-7,9,11-13,15,17-18,23-24,29,32,35,38-41,43,45-65H2,1-5H3/b10-8-,16-14-,21-19-,22-20-,27-25-,28-26-,31-30-,34-33-,37-36-,44-42-. The molecule has 9 heteroatoms. The van der Waals surface area contributed by atoms with E-state index in [2.05, 4.69) is 135 Å². The number of rotatable bonds is 57. The molecule has 79 heavy (non-hydrogen) atoms. The molecule has 0 aromatic rings. The number of nitrogens with zero attached hydrogens (tertiary/aromatic N) is 1. The average Bonchev–Trinajstić information content (AvgIpc) is 3.42. The molecule has 0 aliphatic rings. The van der Waals surface area contributed by atoms with Crippen molar-refractivity contribution in [1.82, 2.24) is 0 Å². The number of hydrogen-bond donors (Lipinski definition) is 0. The zero-order chi connectivity index (χ0) is 57.6. The summed E-state index contributed by atoms with van der Waals surface area (Å²) in [4.78, 5) is 37.4. The van der Waals surface area contributed by atoms with E-state index >= 15 is 0 Å². The summed E-state index contributed by atoms with van der Waals surface area (Å²) >= 11 is 0. The molecule has 0 spiro atoms. The van der Waals surface area contributed by atoms with Gasteiger partial charge in [-0.2, -0.15) is 0 Å². The van der Waals surface area contributed by atoms with Gasteiger partial charge in [-0.3, -0.25) is 9.59 Å². The van der Waals surface area contributed by atoms with Gasteiger partial charge in [0.2, 0.25) is 0 Å². The van der Waals surface area contributed by atoms with Crippen molar-refractivity contribution in [1.29, 1.82) is 0 Å². The highest BCUT2D eigenvalue weighted by molar-refractivity contribution is 5.70. The van der Waals surface area contributed by atoms with Crippen molar-refractivity contribution in [2.24, 2.45) is 0 Å². The summed E-state index contributed by atoms with van der Waals surface area (Å²) in [5, 5.41) is 11.8. The summed E-state index contributed by atoms with van der Waals surface area (Å²) < 4.78 is 22.7. The van der Waals surface area contributed by atoms with Crippen LogP contribution in [0.4, 0.5) is 0 Å². The molecular formula is C70H117NO8. The Kier molecular flexibility index (Phi) is 56.5. The quantitative estimate of drug-likeness (QED) is 0.0195. The third-order valence-corrected chi connectivity index (χ3v) is 13.2. The molecule has 2 atom stereocenters. The Hall–Kier alpha value is -4.31. The smallest absolute Gasteiger partial charge is 0.306 e. The molecule has 0 aliphatic carbocycles. The molecule has 2 unspecified atom stereocenters. The van der Waals surface area contributed by atoms with Gasteiger partial charge >= 0.3 is 11.9 Å². The van der Waals surface area contributed by atoms with Crippen LogP contribution >= 0.6 is 0 Å². The van der Waals surface area contributed by atoms with Crippen LogP contribution in [0.3, 0.4) is 0 Å². The number of hydrogen-bond acceptors (Lipinski definition) is 8. The number of carbonyl (C=O) groups excluding carboxylic acids is 3. The molecule has 0 radical (unpaired) electrons. The fourth-order valence-corrected chi connectivity index (χ4v) is 8.35. The molecule has 0 aromatic carbocycles. The van der Waals surface area contributed by atoms with Crippen molar-refractivity contribution in [3.8, 4) is 0 Å². The fourth-order valence-electron chi connectivity index (χ4n) is 8.35. The van der Waals surface area contributed by atoms with Gasteiger partial charge in [0, 0.05) is 12.8 Å². The Balaban J connectivity index is 4.23. The van der Waals surface area contributed by atoms with Gasteiger partial charge in [0.05, 0.1) is 40.3 Å². The van der Waals surface area contributed by atoms with E-state index in [0.29, 0.717) is 17.4 Å². The number of unbranched alkanes of at least 4 members (excludes halogenated alkanes) is 22. The second-order valence-electron chi connectivity index (χ2n) is 22.0. The fraction of sp³-hybridized carbons (Fsp3) is 0.671. The Morgan fingerprint density at radius 2 is 0.722 bits per heavy atom. The van der Waals surface area contributed by atoms with Crippen molar-refractivity contribution in [3.05, 3.63) is 122 Å². The van der Waals surface area contributed by atoms with Crippen molar-refractivity contribution in [2.45, 2.75) is 257 Å². The lowest BCUT2D eigenvalue weighted by molar-refractivity contribution is -0.870. The highest BCUT2D eigenvalue weighted by Gasteiger charge is 2.22. The predicted molar refractivity (Wildman–Crippen MR) is 333 cm³/mol. The summed E-state index contributed by atoms with van der Waals surface area (Å²) in [5.41, 5.74) is 0. The summed E-state index contributed by atoms with van der Waals surface area (Å²) in [5.74, 6) is -2.31. The van der Waals surface area contributed by atoms with E-state index in [1.165, 1.54) is 96.3 Å². The van der Waals surface area contributed by atoms with Gasteiger partial charge in [-0.05, 0) is 109 Å². The van der Waals surface area contributed by atoms with Crippen LogP contribution < -0.4 is 5.11 Å². The number of carbonyl (C=O) groups is 3. The average molecular weight is 1100 g/mol. The number of carboxylic acid groups (broad SMARTS) is 1. The molecule has 450 valence electrons. The minimum Gasteiger partial charge on any atom is -0.545 e. The van der Waals surface area contributed by atoms with E-state index in [1.807, 2.05) is 21.1 Å². The Morgan fingerprint density at radius 1 is 0.392 bits per heavy atom. The van der Waals surface area contributed by atoms with Crippen LogP contribution in [0.15, 0.2) is 122 Å². The number of ether oxygens (including phenoxy) is 4. The molecule has 0 N–H and O–H groups in total. The van der Waals surface area contributed by atoms with Crippen LogP contribution in [0.1, 0.15) is 245 Å². The lowest BCUT2D eigenvalue weighted by Crippen LogP contribution is -2.44. The minimum absolute atomic E-state index is 0.139. The van der Waals surface area contributed by atoms with Gasteiger partial charge in [-0.25, -0.2) is 0 Å². The van der Waals surface area contributed by atoms with Crippen molar-refractivity contribution < 1.29 is 42.9 Å². The highest BCUT2D eigenvalue weighted by Crippen LogP contribution is 2.15. The van der Waals surface area contributed by atoms with Crippen molar-refractivity contribution in [2.75, 3.05) is 47.5 Å². The van der Waals surface area contributed by atoms with Crippen molar-refractivity contribution >= 4 is 17.9 Å². The number of likely N-dealkylation sites (N-methyl/N-ethyl adjacent to an activating group) is 1. The molecule has 9 nitrogen and oxygen atoms in total. The molecule has 0 saturated heterocycles. The zero-order valence-corrected chi connectivity index (χ0v) is 51.2. The van der Waals surface area contributed by atoms with Gasteiger partial charge in [0.25, 0.3) is 0 Å². The maximum absolute atomic E-state index is 12.9. The molecule has 0 fully saturated rings. The highest BCUT2D eigenvalue weighted by atomic mass is 16.7. The van der Waals surface area contributed by atoms with Crippen LogP contribution in [-0.4, -0.2) is 82.3 Å². The third-order valence-electron chi connectivity index (χ3n) is 13.2. The van der Waals surface area contributed by atoms with Gasteiger partial charge in [0.1, 0.15) is 13.2 Å². The summed E-state index contributed by atoms with van der Waals surface area (Å²) in [6.45, 7) is 4.60. The van der Waals surface area contributed by atoms with Gasteiger partial charge in [-0.1, -0.05) is 245 Å². The van der Waals surface area contributed by atoms with Crippen LogP contribution in [0.25, 0.3) is 0 Å². The van der Waals surface area contributed by atoms with Crippen LogP contribution in [0.5, 0.6) is 0 Å². The number of quaternary nitrogens is 1. The number of aliphatic carboxylic acids is 1. The topological polar surface area (TPSA) is 111 Å². The lowest BCUT2D eigenvalue weighted by atomic mass is 10.0. The molecule has 0 bridgehead atoms. The van der Waals surface area contributed by atoms with Gasteiger partial charge in [0.15, 0.2) is 12.4 Å². The second-order valence-corrected chi connectivity index (χ2v) is 22.0. The maximum Gasteiger partial charge on any atom is 0.306 e. The SMILES string of the molecule is CC/C=C\C/C=C\C/C=C\C/C=C\C/C=C\C/C=C\C/C=C\CCCCCCCCCCCCCC(=O)OC(COC(=O)CCCCCCCC/C=C\C/C=C\C/C=C\CCCCCCC)COC(OCC[N+](C)(C)C)C(=O)[O-]. The van der Waals surface area contributed by atoms with E-state index in [4.69, 9.17) is 18.9 Å². The molecule has 0 amide bonds. The molecule has 0 aromatic heterocycles. The first-order chi connectivity index (χ1) is 38.6. The second kappa shape index (κ2) is 59.8. The van der Waals surface area contributed by atoms with Gasteiger partial charge in [-0.15, -0.1) is 0 Å². The van der Waals surface area contributed by atoms with Crippen LogP contribution in [0, 0.1) is 0 Å². The monoisotopic (exact) mass is 1100 g/mol. The summed E-state index contributed by atoms with van der Waals surface area (Å²) in [6.07, 6.45) is 81.1. The van der Waals surface area contributed by atoms with E-state index in [-0.39, 0.29) is 38.6 Å². The lowest BCUT2D eigenvalue weighted by Gasteiger charge is -2.26. The Bertz CT molecular complexity index is 1710. The molecule has 0 saturated carbocycles. The number of carboxylic acids is 1. The predicted octanol–water partition coefficient (Wildman–Crippen LogP) is 17.9. The van der Waals surface area contributed by atoms with Crippen molar-refractivity contribution in [3.63, 3.8) is 0 Å². The normalized spacial score (nSPS) is 13.6. The summed E-state index contributed by atoms with van der Waals surface area (Å²) in [7, 11) is 5.91. The first-order valence-corrected chi connectivity index (χ1v) is 31.7. The molecule has 0 heterocycles. The Morgan fingerprint density at radius 3 is 1.08 bits per heavy atom. The minimum atomic E-state index is -1.63. The van der Waals surface area contributed by atoms with E-state index < -0.39 is 24.3 Å². The molecular weight excluding hydrogens is 983 g/mol. The maximum atomic E-state index is 12.9. The first kappa shape index (κ1) is 74.7. The van der Waals surface area contributed by atoms with Gasteiger partial charge < -0.3 is 33.3 Å². The number of allylic oxidation sites excluding steroid dienone is 20. The van der Waals surface area contributed by atoms with E-state index in [1.54, 1.807) is 0 Å². The largest absolute Gasteiger partial charge is 0.545 e. The zero-order valence-electron chi connectivity index (χ0n) is 51.2. The van der Waals surface area contributed by atoms with E-state index in [9.17, 15) is 19.5 Å². The Labute approximate surface area is 485 Å². The molecule has 0 aliphatic heterocycles. The van der Waals surface area contributed by atoms with E-state index in [0.717, 1.165) is 116 Å². The third kappa shape index (κ3) is 61.2. The molecule has 0 rings (SSSR count).